The largest absolute Gasteiger partial charge is 0.491 e. The molecule has 1 aromatic heterocycles. The van der Waals surface area contributed by atoms with E-state index >= 15 is 0 Å². The van der Waals surface area contributed by atoms with Crippen molar-refractivity contribution in [2.45, 2.75) is 26.7 Å². The fourth-order valence-electron chi connectivity index (χ4n) is 3.86. The van der Waals surface area contributed by atoms with Crippen molar-refractivity contribution in [2.75, 3.05) is 6.61 Å². The third-order valence-corrected chi connectivity index (χ3v) is 5.73. The standard InChI is InChI=1S/C29H24F4N2O/c1-3-5-19-16-34-29(35-17-19)23-13-12-21(25(30)27(23)32)11-8-18-6-9-20(10-7-18)22-14-15-24(36-4-2)28(33)26(22)31/h3,5-7,9-10,12-17H,4,8,11H2,1-2H3. The molecule has 184 valence electrons. The molecule has 0 N–H and O–H groups in total. The van der Waals surface area contributed by atoms with E-state index in [1.165, 1.54) is 24.3 Å². The van der Waals surface area contributed by atoms with Crippen LogP contribution in [-0.4, -0.2) is 16.6 Å². The van der Waals surface area contributed by atoms with Gasteiger partial charge in [-0.2, -0.15) is 4.39 Å². The summed E-state index contributed by atoms with van der Waals surface area (Å²) in [5.41, 5.74) is 2.45. The van der Waals surface area contributed by atoms with E-state index in [1.807, 2.05) is 19.1 Å². The van der Waals surface area contributed by atoms with Crippen LogP contribution in [0.4, 0.5) is 17.6 Å². The summed E-state index contributed by atoms with van der Waals surface area (Å²) in [5, 5.41) is 0. The number of hydrogen-bond donors (Lipinski definition) is 0. The first-order valence-electron chi connectivity index (χ1n) is 11.5. The Morgan fingerprint density at radius 1 is 0.750 bits per heavy atom. The molecule has 0 spiro atoms. The minimum atomic E-state index is -1.03. The molecule has 3 aromatic carbocycles. The van der Waals surface area contributed by atoms with E-state index in [2.05, 4.69) is 9.97 Å². The molecule has 0 bridgehead atoms. The van der Waals surface area contributed by atoms with Gasteiger partial charge in [0.05, 0.1) is 12.2 Å². The Hall–Kier alpha value is -4.00. The molecule has 0 saturated heterocycles. The highest BCUT2D eigenvalue weighted by molar-refractivity contribution is 5.65. The molecule has 0 atom stereocenters. The van der Waals surface area contributed by atoms with Crippen molar-refractivity contribution in [3.05, 3.63) is 107 Å². The van der Waals surface area contributed by atoms with Crippen LogP contribution in [-0.2, 0) is 12.8 Å². The summed E-state index contributed by atoms with van der Waals surface area (Å²) >= 11 is 0. The lowest BCUT2D eigenvalue weighted by molar-refractivity contribution is 0.314. The van der Waals surface area contributed by atoms with Crippen LogP contribution < -0.4 is 4.74 Å². The van der Waals surface area contributed by atoms with E-state index in [1.54, 1.807) is 43.6 Å². The molecule has 0 fully saturated rings. The molecule has 0 aliphatic heterocycles. The summed E-state index contributed by atoms with van der Waals surface area (Å²) in [6.45, 7) is 3.78. The molecule has 1 heterocycles. The second kappa shape index (κ2) is 11.2. The van der Waals surface area contributed by atoms with Crippen LogP contribution in [0.3, 0.4) is 0 Å². The van der Waals surface area contributed by atoms with Gasteiger partial charge in [0.15, 0.2) is 29.0 Å². The molecular weight excluding hydrogens is 468 g/mol. The highest BCUT2D eigenvalue weighted by Crippen LogP contribution is 2.30. The lowest BCUT2D eigenvalue weighted by atomic mass is 9.99. The average molecular weight is 493 g/mol. The number of rotatable bonds is 8. The zero-order chi connectivity index (χ0) is 25.7. The van der Waals surface area contributed by atoms with Crippen molar-refractivity contribution in [2.24, 2.45) is 0 Å². The molecule has 0 aliphatic rings. The normalized spacial score (nSPS) is 11.3. The predicted octanol–water partition coefficient (Wildman–Crippen LogP) is 7.58. The van der Waals surface area contributed by atoms with E-state index in [9.17, 15) is 17.6 Å². The number of halogens is 4. The smallest absolute Gasteiger partial charge is 0.201 e. The van der Waals surface area contributed by atoms with Gasteiger partial charge in [-0.25, -0.2) is 23.1 Å². The van der Waals surface area contributed by atoms with Gasteiger partial charge in [-0.15, -0.1) is 0 Å². The number of aromatic nitrogens is 2. The Balaban J connectivity index is 1.47. The number of hydrogen-bond acceptors (Lipinski definition) is 3. The molecule has 4 aromatic rings. The number of allylic oxidation sites excluding steroid dienone is 1. The quantitative estimate of drug-likeness (QED) is 0.238. The molecule has 7 heteroatoms. The summed E-state index contributed by atoms with van der Waals surface area (Å²) < 4.78 is 63.3. The van der Waals surface area contributed by atoms with E-state index in [0.717, 1.165) is 11.1 Å². The lowest BCUT2D eigenvalue weighted by Gasteiger charge is -2.10. The first-order chi connectivity index (χ1) is 17.4. The fraction of sp³-hybridized carbons (Fsp3) is 0.172. The van der Waals surface area contributed by atoms with Crippen molar-refractivity contribution in [1.82, 2.24) is 9.97 Å². The first-order valence-corrected chi connectivity index (χ1v) is 11.5. The van der Waals surface area contributed by atoms with Crippen LogP contribution in [0.5, 0.6) is 5.75 Å². The monoisotopic (exact) mass is 492 g/mol. The summed E-state index contributed by atoms with van der Waals surface area (Å²) in [4.78, 5) is 8.25. The molecule has 0 unspecified atom stereocenters. The van der Waals surface area contributed by atoms with Gasteiger partial charge in [0.2, 0.25) is 5.82 Å². The third kappa shape index (κ3) is 5.30. The third-order valence-electron chi connectivity index (χ3n) is 5.73. The average Bonchev–Trinajstić information content (AvgIpc) is 2.89. The second-order valence-corrected chi connectivity index (χ2v) is 8.11. The van der Waals surface area contributed by atoms with Crippen molar-refractivity contribution >= 4 is 6.08 Å². The zero-order valence-electron chi connectivity index (χ0n) is 19.9. The van der Waals surface area contributed by atoms with Crippen molar-refractivity contribution in [3.63, 3.8) is 0 Å². The Morgan fingerprint density at radius 3 is 2.08 bits per heavy atom. The summed E-state index contributed by atoms with van der Waals surface area (Å²) in [6, 6.07) is 12.7. The van der Waals surface area contributed by atoms with Gasteiger partial charge >= 0.3 is 0 Å². The van der Waals surface area contributed by atoms with Crippen molar-refractivity contribution < 1.29 is 22.3 Å². The maximum Gasteiger partial charge on any atom is 0.201 e. The van der Waals surface area contributed by atoms with Gasteiger partial charge in [0.25, 0.3) is 0 Å². The molecule has 0 aliphatic carbocycles. The molecule has 4 rings (SSSR count). The highest BCUT2D eigenvalue weighted by atomic mass is 19.2. The van der Waals surface area contributed by atoms with Crippen LogP contribution in [0.15, 0.2) is 67.0 Å². The number of ether oxygens (including phenoxy) is 1. The Kier molecular flexibility index (Phi) is 7.78. The Morgan fingerprint density at radius 2 is 1.42 bits per heavy atom. The zero-order valence-corrected chi connectivity index (χ0v) is 19.9. The maximum absolute atomic E-state index is 14.8. The SMILES string of the molecule is CC=Cc1cnc(-c2ccc(CCc3ccc(-c4ccc(OCC)c(F)c4F)cc3)c(F)c2F)nc1. The summed E-state index contributed by atoms with van der Waals surface area (Å²) in [7, 11) is 0. The van der Waals surface area contributed by atoms with E-state index in [4.69, 9.17) is 4.74 Å². The Labute approximate surface area is 207 Å². The summed E-state index contributed by atoms with van der Waals surface area (Å²) in [6.07, 6.45) is 7.43. The Bertz CT molecular complexity index is 1380. The van der Waals surface area contributed by atoms with Crippen LogP contribution in [0.2, 0.25) is 0 Å². The topological polar surface area (TPSA) is 35.0 Å². The second-order valence-electron chi connectivity index (χ2n) is 8.11. The van der Waals surface area contributed by atoms with Gasteiger partial charge in [-0.05, 0) is 61.6 Å². The molecule has 0 saturated carbocycles. The van der Waals surface area contributed by atoms with Crippen LogP contribution >= 0.6 is 0 Å². The summed E-state index contributed by atoms with van der Waals surface area (Å²) in [5.74, 6) is -3.95. The van der Waals surface area contributed by atoms with Crippen LogP contribution in [0.1, 0.15) is 30.5 Å². The van der Waals surface area contributed by atoms with E-state index in [0.29, 0.717) is 12.0 Å². The van der Waals surface area contributed by atoms with E-state index in [-0.39, 0.29) is 41.3 Å². The van der Waals surface area contributed by atoms with Gasteiger partial charge in [0, 0.05) is 23.5 Å². The van der Waals surface area contributed by atoms with Gasteiger partial charge in [-0.3, -0.25) is 0 Å². The highest BCUT2D eigenvalue weighted by Gasteiger charge is 2.17. The fourth-order valence-corrected chi connectivity index (χ4v) is 3.86. The van der Waals surface area contributed by atoms with Gasteiger partial charge in [0.1, 0.15) is 0 Å². The lowest BCUT2D eigenvalue weighted by Crippen LogP contribution is -2.01. The molecule has 3 nitrogen and oxygen atoms in total. The van der Waals surface area contributed by atoms with Crippen molar-refractivity contribution in [1.29, 1.82) is 0 Å². The van der Waals surface area contributed by atoms with Crippen LogP contribution in [0, 0.1) is 23.3 Å². The molecular formula is C29H24F4N2O. The number of benzene rings is 3. The van der Waals surface area contributed by atoms with Gasteiger partial charge < -0.3 is 4.74 Å². The van der Waals surface area contributed by atoms with E-state index < -0.39 is 23.3 Å². The first kappa shape index (κ1) is 25.1. The van der Waals surface area contributed by atoms with Crippen LogP contribution in [0.25, 0.3) is 28.6 Å². The number of aryl methyl sites for hydroxylation is 2. The minimum absolute atomic E-state index is 0.00255. The minimum Gasteiger partial charge on any atom is -0.491 e. The predicted molar refractivity (Wildman–Crippen MR) is 132 cm³/mol. The van der Waals surface area contributed by atoms with Gasteiger partial charge in [-0.1, -0.05) is 42.5 Å². The van der Waals surface area contributed by atoms with Crippen molar-refractivity contribution in [3.8, 4) is 28.3 Å². The number of nitrogens with zero attached hydrogens (tertiary/aromatic N) is 2. The maximum atomic E-state index is 14.8. The molecule has 0 amide bonds. The molecule has 0 radical (unpaired) electrons. The molecule has 36 heavy (non-hydrogen) atoms.